The largest absolute Gasteiger partial charge is 0.497 e. The third-order valence-corrected chi connectivity index (χ3v) is 4.38. The van der Waals surface area contributed by atoms with Gasteiger partial charge in [0.15, 0.2) is 9.84 Å². The van der Waals surface area contributed by atoms with Gasteiger partial charge in [0.2, 0.25) is 0 Å². The molecule has 0 aliphatic heterocycles. The number of halogens is 1. The van der Waals surface area contributed by atoms with E-state index in [2.05, 4.69) is 5.32 Å². The van der Waals surface area contributed by atoms with Crippen LogP contribution in [-0.2, 0) is 9.84 Å². The molecule has 0 aromatic heterocycles. The number of methoxy groups -OCH3 is 1. The smallest absolute Gasteiger partial charge is 0.257 e. The van der Waals surface area contributed by atoms with Gasteiger partial charge in [-0.2, -0.15) is 0 Å². The van der Waals surface area contributed by atoms with Gasteiger partial charge in [-0.3, -0.25) is 4.79 Å². The van der Waals surface area contributed by atoms with Gasteiger partial charge < -0.3 is 10.1 Å². The molecule has 2 aromatic carbocycles. The summed E-state index contributed by atoms with van der Waals surface area (Å²) in [6.07, 6.45) is 1.07. The van der Waals surface area contributed by atoms with E-state index in [4.69, 9.17) is 16.3 Å². The summed E-state index contributed by atoms with van der Waals surface area (Å²) in [4.78, 5) is 12.3. The SMILES string of the molecule is COc1cccc(NC(=O)c2cc(S(C)(=O)=O)ccc2Cl)c1. The molecule has 2 aromatic rings. The first-order chi connectivity index (χ1) is 10.3. The fourth-order valence-corrected chi connectivity index (χ4v) is 2.66. The Labute approximate surface area is 133 Å². The van der Waals surface area contributed by atoms with Gasteiger partial charge in [-0.1, -0.05) is 17.7 Å². The molecule has 1 N–H and O–H groups in total. The summed E-state index contributed by atoms with van der Waals surface area (Å²) in [6.45, 7) is 0. The van der Waals surface area contributed by atoms with Gasteiger partial charge in [-0.15, -0.1) is 0 Å². The zero-order chi connectivity index (χ0) is 16.3. The van der Waals surface area contributed by atoms with Crippen molar-refractivity contribution in [2.75, 3.05) is 18.7 Å². The van der Waals surface area contributed by atoms with Crippen LogP contribution in [0, 0.1) is 0 Å². The summed E-state index contributed by atoms with van der Waals surface area (Å²) < 4.78 is 28.2. The third-order valence-electron chi connectivity index (χ3n) is 2.94. The van der Waals surface area contributed by atoms with E-state index in [0.717, 1.165) is 6.26 Å². The van der Waals surface area contributed by atoms with Gasteiger partial charge in [0.05, 0.1) is 22.6 Å². The van der Waals surface area contributed by atoms with Crippen LogP contribution >= 0.6 is 11.6 Å². The number of nitrogens with one attached hydrogen (secondary N) is 1. The van der Waals surface area contributed by atoms with Gasteiger partial charge in [0.1, 0.15) is 5.75 Å². The fourth-order valence-electron chi connectivity index (χ4n) is 1.81. The van der Waals surface area contributed by atoms with E-state index in [1.165, 1.54) is 25.3 Å². The predicted molar refractivity (Wildman–Crippen MR) is 85.5 cm³/mol. The highest BCUT2D eigenvalue weighted by molar-refractivity contribution is 7.90. The van der Waals surface area contributed by atoms with E-state index >= 15 is 0 Å². The molecule has 0 saturated carbocycles. The molecular weight excluding hydrogens is 326 g/mol. The molecule has 0 saturated heterocycles. The highest BCUT2D eigenvalue weighted by Crippen LogP contribution is 2.23. The molecule has 0 fully saturated rings. The van der Waals surface area contributed by atoms with E-state index in [1.807, 2.05) is 0 Å². The third kappa shape index (κ3) is 3.78. The number of ether oxygens (including phenoxy) is 1. The van der Waals surface area contributed by atoms with Crippen molar-refractivity contribution in [2.24, 2.45) is 0 Å². The van der Waals surface area contributed by atoms with Crippen LogP contribution in [-0.4, -0.2) is 27.7 Å². The fraction of sp³-hybridized carbons (Fsp3) is 0.133. The number of carbonyl (C=O) groups is 1. The maximum Gasteiger partial charge on any atom is 0.257 e. The first-order valence-corrected chi connectivity index (χ1v) is 8.53. The summed E-state index contributed by atoms with van der Waals surface area (Å²) in [7, 11) is -1.90. The van der Waals surface area contributed by atoms with Crippen LogP contribution in [0.2, 0.25) is 5.02 Å². The van der Waals surface area contributed by atoms with Gasteiger partial charge in [0.25, 0.3) is 5.91 Å². The van der Waals surface area contributed by atoms with Crippen molar-refractivity contribution >= 4 is 33.0 Å². The van der Waals surface area contributed by atoms with Crippen molar-refractivity contribution in [3.63, 3.8) is 0 Å². The molecule has 0 unspecified atom stereocenters. The number of benzene rings is 2. The molecule has 0 aliphatic rings. The minimum absolute atomic E-state index is 0.0349. The van der Waals surface area contributed by atoms with Crippen molar-refractivity contribution < 1.29 is 17.9 Å². The molecule has 0 heterocycles. The number of amides is 1. The molecule has 7 heteroatoms. The Kier molecular flexibility index (Phi) is 4.73. The Morgan fingerprint density at radius 1 is 1.18 bits per heavy atom. The normalized spacial score (nSPS) is 11.0. The molecule has 0 bridgehead atoms. The number of rotatable bonds is 4. The number of hydrogen-bond donors (Lipinski definition) is 1. The lowest BCUT2D eigenvalue weighted by Crippen LogP contribution is -2.13. The van der Waals surface area contributed by atoms with Crippen LogP contribution in [0.1, 0.15) is 10.4 Å². The van der Waals surface area contributed by atoms with Crippen LogP contribution < -0.4 is 10.1 Å². The second-order valence-corrected chi connectivity index (χ2v) is 7.02. The predicted octanol–water partition coefficient (Wildman–Crippen LogP) is 3.00. The van der Waals surface area contributed by atoms with E-state index in [-0.39, 0.29) is 15.5 Å². The van der Waals surface area contributed by atoms with Crippen LogP contribution in [0.5, 0.6) is 5.75 Å². The molecule has 22 heavy (non-hydrogen) atoms. The maximum atomic E-state index is 12.3. The highest BCUT2D eigenvalue weighted by Gasteiger charge is 2.15. The van der Waals surface area contributed by atoms with Gasteiger partial charge in [0, 0.05) is 18.0 Å². The topological polar surface area (TPSA) is 72.5 Å². The average molecular weight is 340 g/mol. The van der Waals surface area contributed by atoms with Crippen molar-refractivity contribution in [2.45, 2.75) is 4.90 Å². The van der Waals surface area contributed by atoms with E-state index in [0.29, 0.717) is 11.4 Å². The standard InChI is InChI=1S/C15H14ClNO4S/c1-21-11-5-3-4-10(8-11)17-15(18)13-9-12(22(2,19)20)6-7-14(13)16/h3-9H,1-2H3,(H,17,18). The molecule has 5 nitrogen and oxygen atoms in total. The van der Waals surface area contributed by atoms with E-state index in [9.17, 15) is 13.2 Å². The number of anilines is 1. The lowest BCUT2D eigenvalue weighted by Gasteiger charge is -2.09. The van der Waals surface area contributed by atoms with Crippen molar-refractivity contribution in [3.05, 3.63) is 53.1 Å². The molecular formula is C15H14ClNO4S. The second kappa shape index (κ2) is 6.37. The highest BCUT2D eigenvalue weighted by atomic mass is 35.5. The number of sulfone groups is 1. The minimum Gasteiger partial charge on any atom is -0.497 e. The quantitative estimate of drug-likeness (QED) is 0.929. The van der Waals surface area contributed by atoms with Crippen molar-refractivity contribution in [1.82, 2.24) is 0 Å². The zero-order valence-corrected chi connectivity index (χ0v) is 13.5. The van der Waals surface area contributed by atoms with Gasteiger partial charge in [-0.25, -0.2) is 8.42 Å². The number of hydrogen-bond acceptors (Lipinski definition) is 4. The van der Waals surface area contributed by atoms with Crippen LogP contribution in [0.15, 0.2) is 47.4 Å². The summed E-state index contributed by atoms with van der Waals surface area (Å²) in [5, 5.41) is 2.83. The maximum absolute atomic E-state index is 12.3. The molecule has 0 aliphatic carbocycles. The summed E-state index contributed by atoms with van der Waals surface area (Å²) in [5.41, 5.74) is 0.609. The Morgan fingerprint density at radius 2 is 1.91 bits per heavy atom. The molecule has 0 spiro atoms. The van der Waals surface area contributed by atoms with Crippen LogP contribution in [0.25, 0.3) is 0 Å². The van der Waals surface area contributed by atoms with Crippen LogP contribution in [0.3, 0.4) is 0 Å². The van der Waals surface area contributed by atoms with E-state index in [1.54, 1.807) is 24.3 Å². The summed E-state index contributed by atoms with van der Waals surface area (Å²) in [5.74, 6) is 0.0949. The Balaban J connectivity index is 2.33. The van der Waals surface area contributed by atoms with Gasteiger partial charge in [-0.05, 0) is 30.3 Å². The lowest BCUT2D eigenvalue weighted by atomic mass is 10.2. The lowest BCUT2D eigenvalue weighted by molar-refractivity contribution is 0.102. The summed E-state index contributed by atoms with van der Waals surface area (Å²) in [6, 6.07) is 10.8. The first-order valence-electron chi connectivity index (χ1n) is 6.26. The molecule has 116 valence electrons. The second-order valence-electron chi connectivity index (χ2n) is 4.60. The monoisotopic (exact) mass is 339 g/mol. The number of carbonyl (C=O) groups excluding carboxylic acids is 1. The van der Waals surface area contributed by atoms with Crippen LogP contribution in [0.4, 0.5) is 5.69 Å². The summed E-state index contributed by atoms with van der Waals surface area (Å²) >= 11 is 5.99. The zero-order valence-electron chi connectivity index (χ0n) is 12.0. The first kappa shape index (κ1) is 16.3. The molecule has 1 amide bonds. The van der Waals surface area contributed by atoms with Gasteiger partial charge >= 0.3 is 0 Å². The Morgan fingerprint density at radius 3 is 2.55 bits per heavy atom. The molecule has 2 rings (SSSR count). The molecule has 0 radical (unpaired) electrons. The van der Waals surface area contributed by atoms with Crippen molar-refractivity contribution in [3.8, 4) is 5.75 Å². The van der Waals surface area contributed by atoms with E-state index < -0.39 is 15.7 Å². The minimum atomic E-state index is -3.42. The Hall–Kier alpha value is -2.05. The van der Waals surface area contributed by atoms with Crippen molar-refractivity contribution in [1.29, 1.82) is 0 Å². The molecule has 0 atom stereocenters. The average Bonchev–Trinajstić information content (AvgIpc) is 2.46. The Bertz CT molecular complexity index is 818.